The Labute approximate surface area is 149 Å². The summed E-state index contributed by atoms with van der Waals surface area (Å²) in [4.78, 5) is 12.7. The predicted octanol–water partition coefficient (Wildman–Crippen LogP) is 2.91. The molecule has 134 valence electrons. The van der Waals surface area contributed by atoms with Crippen molar-refractivity contribution in [3.63, 3.8) is 0 Å². The maximum Gasteiger partial charge on any atom is 0.243 e. The number of hydrogen-bond acceptors (Lipinski definition) is 3. The Hall–Kier alpha value is -1.92. The van der Waals surface area contributed by atoms with Crippen LogP contribution in [0.25, 0.3) is 10.8 Å². The van der Waals surface area contributed by atoms with Crippen LogP contribution >= 0.6 is 0 Å². The predicted molar refractivity (Wildman–Crippen MR) is 98.8 cm³/mol. The lowest BCUT2D eigenvalue weighted by molar-refractivity contribution is -0.124. The second-order valence-electron chi connectivity index (χ2n) is 6.60. The maximum absolute atomic E-state index is 13.1. The number of hydrogen-bond donors (Lipinski definition) is 1. The van der Waals surface area contributed by atoms with Crippen molar-refractivity contribution in [3.8, 4) is 0 Å². The standard InChI is InChI=1S/C19H24N2O3S/c1-3-14(2)20-19(22)18-9-6-12-21(18)25(23,24)17-11-10-15-7-4-5-8-16(15)13-17/h4-5,7-8,10-11,13-14,18H,3,6,9,12H2,1-2H3,(H,20,22)/t14-,18+/m1/s1. The number of nitrogens with zero attached hydrogens (tertiary/aromatic N) is 1. The van der Waals surface area contributed by atoms with E-state index in [1.165, 1.54) is 4.31 Å². The van der Waals surface area contributed by atoms with Gasteiger partial charge in [0.15, 0.2) is 0 Å². The highest BCUT2D eigenvalue weighted by molar-refractivity contribution is 7.89. The van der Waals surface area contributed by atoms with Gasteiger partial charge in [-0.25, -0.2) is 8.42 Å². The van der Waals surface area contributed by atoms with Crippen LogP contribution in [0.4, 0.5) is 0 Å². The van der Waals surface area contributed by atoms with Crippen molar-refractivity contribution >= 4 is 26.7 Å². The fourth-order valence-corrected chi connectivity index (χ4v) is 4.89. The third kappa shape index (κ3) is 3.55. The van der Waals surface area contributed by atoms with Crippen LogP contribution in [-0.2, 0) is 14.8 Å². The number of benzene rings is 2. The maximum atomic E-state index is 13.1. The Bertz CT molecular complexity index is 879. The molecule has 0 aromatic heterocycles. The average Bonchev–Trinajstić information content (AvgIpc) is 3.12. The first-order valence-corrected chi connectivity index (χ1v) is 10.2. The lowest BCUT2D eigenvalue weighted by Crippen LogP contribution is -2.48. The van der Waals surface area contributed by atoms with Crippen LogP contribution in [0.15, 0.2) is 47.4 Å². The summed E-state index contributed by atoms with van der Waals surface area (Å²) in [6, 6.07) is 12.2. The molecule has 5 nitrogen and oxygen atoms in total. The largest absolute Gasteiger partial charge is 0.352 e. The molecule has 1 amide bonds. The van der Waals surface area contributed by atoms with E-state index >= 15 is 0 Å². The molecule has 0 radical (unpaired) electrons. The molecule has 6 heteroatoms. The Kier molecular flexibility index (Phi) is 5.11. The Balaban J connectivity index is 1.90. The minimum absolute atomic E-state index is 0.0401. The van der Waals surface area contributed by atoms with Crippen LogP contribution in [0.1, 0.15) is 33.1 Å². The smallest absolute Gasteiger partial charge is 0.243 e. The number of fused-ring (bicyclic) bond motifs is 1. The molecule has 1 fully saturated rings. The van der Waals surface area contributed by atoms with Crippen LogP contribution < -0.4 is 5.32 Å². The molecule has 1 heterocycles. The zero-order chi connectivity index (χ0) is 18.0. The average molecular weight is 360 g/mol. The SMILES string of the molecule is CC[C@@H](C)NC(=O)[C@@H]1CCCN1S(=O)(=O)c1ccc2ccccc2c1. The van der Waals surface area contributed by atoms with Crippen LogP contribution in [-0.4, -0.2) is 37.3 Å². The van der Waals surface area contributed by atoms with Gasteiger partial charge < -0.3 is 5.32 Å². The molecule has 25 heavy (non-hydrogen) atoms. The molecule has 0 saturated carbocycles. The van der Waals surface area contributed by atoms with Crippen molar-refractivity contribution in [2.45, 2.75) is 50.1 Å². The molecule has 1 N–H and O–H groups in total. The van der Waals surface area contributed by atoms with Crippen LogP contribution in [0, 0.1) is 0 Å². The minimum Gasteiger partial charge on any atom is -0.352 e. The summed E-state index contributed by atoms with van der Waals surface area (Å²) in [5.74, 6) is -0.198. The van der Waals surface area contributed by atoms with Crippen molar-refractivity contribution in [2.75, 3.05) is 6.54 Å². The molecule has 0 bridgehead atoms. The van der Waals surface area contributed by atoms with E-state index < -0.39 is 16.1 Å². The monoisotopic (exact) mass is 360 g/mol. The molecule has 2 aromatic carbocycles. The molecule has 1 saturated heterocycles. The third-order valence-electron chi connectivity index (χ3n) is 4.83. The number of nitrogens with one attached hydrogen (secondary N) is 1. The van der Waals surface area contributed by atoms with Crippen molar-refractivity contribution in [1.29, 1.82) is 0 Å². The van der Waals surface area contributed by atoms with Gasteiger partial charge in [-0.2, -0.15) is 4.31 Å². The van der Waals surface area contributed by atoms with Crippen LogP contribution in [0.2, 0.25) is 0 Å². The van der Waals surface area contributed by atoms with E-state index in [9.17, 15) is 13.2 Å². The normalized spacial score (nSPS) is 19.8. The lowest BCUT2D eigenvalue weighted by atomic mass is 10.1. The summed E-state index contributed by atoms with van der Waals surface area (Å²) in [7, 11) is -3.69. The van der Waals surface area contributed by atoms with Gasteiger partial charge in [0.05, 0.1) is 4.90 Å². The highest BCUT2D eigenvalue weighted by Crippen LogP contribution is 2.28. The van der Waals surface area contributed by atoms with E-state index in [2.05, 4.69) is 5.32 Å². The van der Waals surface area contributed by atoms with Gasteiger partial charge in [0.2, 0.25) is 15.9 Å². The van der Waals surface area contributed by atoms with Crippen LogP contribution in [0.3, 0.4) is 0 Å². The summed E-state index contributed by atoms with van der Waals surface area (Å²) in [6.45, 7) is 4.30. The molecule has 0 aliphatic carbocycles. The van der Waals surface area contributed by atoms with Crippen molar-refractivity contribution < 1.29 is 13.2 Å². The van der Waals surface area contributed by atoms with Crippen molar-refractivity contribution in [3.05, 3.63) is 42.5 Å². The second-order valence-corrected chi connectivity index (χ2v) is 8.49. The number of sulfonamides is 1. The van der Waals surface area contributed by atoms with E-state index in [-0.39, 0.29) is 16.8 Å². The quantitative estimate of drug-likeness (QED) is 0.891. The van der Waals surface area contributed by atoms with Gasteiger partial charge in [0.1, 0.15) is 6.04 Å². The van der Waals surface area contributed by atoms with Gasteiger partial charge in [-0.05, 0) is 49.1 Å². The summed E-state index contributed by atoms with van der Waals surface area (Å²) in [6.07, 6.45) is 2.08. The van der Waals surface area contributed by atoms with Crippen molar-refractivity contribution in [1.82, 2.24) is 9.62 Å². The van der Waals surface area contributed by atoms with E-state index in [0.29, 0.717) is 19.4 Å². The summed E-state index contributed by atoms with van der Waals surface area (Å²) < 4.78 is 27.5. The van der Waals surface area contributed by atoms with E-state index in [4.69, 9.17) is 0 Å². The van der Waals surface area contributed by atoms with Gasteiger partial charge in [0, 0.05) is 12.6 Å². The van der Waals surface area contributed by atoms with Gasteiger partial charge in [-0.15, -0.1) is 0 Å². The first-order valence-electron chi connectivity index (χ1n) is 8.74. The number of amides is 1. The molecule has 0 unspecified atom stereocenters. The van der Waals surface area contributed by atoms with Gasteiger partial charge in [0.25, 0.3) is 0 Å². The van der Waals surface area contributed by atoms with Crippen LogP contribution in [0.5, 0.6) is 0 Å². The number of carbonyl (C=O) groups is 1. The zero-order valence-electron chi connectivity index (χ0n) is 14.6. The molecule has 3 rings (SSSR count). The molecule has 0 spiro atoms. The second kappa shape index (κ2) is 7.14. The summed E-state index contributed by atoms with van der Waals surface area (Å²) in [5, 5.41) is 4.78. The number of rotatable bonds is 5. The molecule has 2 aromatic rings. The fourth-order valence-electron chi connectivity index (χ4n) is 3.19. The summed E-state index contributed by atoms with van der Waals surface area (Å²) >= 11 is 0. The van der Waals surface area contributed by atoms with E-state index in [1.54, 1.807) is 12.1 Å². The highest BCUT2D eigenvalue weighted by atomic mass is 32.2. The van der Waals surface area contributed by atoms with Gasteiger partial charge >= 0.3 is 0 Å². The number of carbonyl (C=O) groups excluding carboxylic acids is 1. The molecule has 2 atom stereocenters. The Morgan fingerprint density at radius 2 is 1.96 bits per heavy atom. The van der Waals surface area contributed by atoms with Gasteiger partial charge in [-0.1, -0.05) is 37.3 Å². The molecule has 1 aliphatic rings. The van der Waals surface area contributed by atoms with E-state index in [1.807, 2.05) is 44.2 Å². The Morgan fingerprint density at radius 3 is 2.68 bits per heavy atom. The third-order valence-corrected chi connectivity index (χ3v) is 6.74. The summed E-state index contributed by atoms with van der Waals surface area (Å²) in [5.41, 5.74) is 0. The lowest BCUT2D eigenvalue weighted by Gasteiger charge is -2.25. The van der Waals surface area contributed by atoms with Gasteiger partial charge in [-0.3, -0.25) is 4.79 Å². The highest BCUT2D eigenvalue weighted by Gasteiger charge is 2.39. The minimum atomic E-state index is -3.69. The zero-order valence-corrected chi connectivity index (χ0v) is 15.4. The first kappa shape index (κ1) is 17.9. The first-order chi connectivity index (χ1) is 11.9. The van der Waals surface area contributed by atoms with E-state index in [0.717, 1.165) is 17.2 Å². The fraction of sp³-hybridized carbons (Fsp3) is 0.421. The molecular weight excluding hydrogens is 336 g/mol. The molecular formula is C19H24N2O3S. The topological polar surface area (TPSA) is 66.5 Å². The Morgan fingerprint density at radius 1 is 1.24 bits per heavy atom. The van der Waals surface area contributed by atoms with Crippen molar-refractivity contribution in [2.24, 2.45) is 0 Å². The molecule has 1 aliphatic heterocycles.